The minimum absolute atomic E-state index is 0.0246. The number of benzene rings is 2. The summed E-state index contributed by atoms with van der Waals surface area (Å²) in [5.74, 6) is 0.558. The number of amides is 1. The molecule has 8 heteroatoms. The number of halogens is 1. The van der Waals surface area contributed by atoms with Gasteiger partial charge in [-0.15, -0.1) is 0 Å². The average molecular weight is 426 g/mol. The highest BCUT2D eigenvalue weighted by Crippen LogP contribution is 2.23. The molecule has 0 bridgehead atoms. The molecule has 0 fully saturated rings. The molecule has 0 unspecified atom stereocenters. The highest BCUT2D eigenvalue weighted by molar-refractivity contribution is 6.31. The third-order valence-corrected chi connectivity index (χ3v) is 4.74. The Kier molecular flexibility index (Phi) is 6.87. The van der Waals surface area contributed by atoms with Gasteiger partial charge in [-0.1, -0.05) is 29.8 Å². The van der Waals surface area contributed by atoms with Gasteiger partial charge in [-0.3, -0.25) is 9.59 Å². The highest BCUT2D eigenvalue weighted by Gasteiger charge is 2.12. The number of hydrogen-bond donors (Lipinski definition) is 1. The van der Waals surface area contributed by atoms with Crippen molar-refractivity contribution in [3.63, 3.8) is 0 Å². The molecule has 0 radical (unpaired) electrons. The van der Waals surface area contributed by atoms with Gasteiger partial charge < -0.3 is 14.0 Å². The van der Waals surface area contributed by atoms with E-state index in [2.05, 4.69) is 10.5 Å². The van der Waals surface area contributed by atoms with Crippen molar-refractivity contribution in [1.82, 2.24) is 9.99 Å². The molecule has 0 spiro atoms. The molecule has 0 aliphatic carbocycles. The van der Waals surface area contributed by atoms with E-state index in [1.54, 1.807) is 43.6 Å². The van der Waals surface area contributed by atoms with E-state index in [9.17, 15) is 9.59 Å². The average Bonchev–Trinajstić information content (AvgIpc) is 2.76. The summed E-state index contributed by atoms with van der Waals surface area (Å²) in [6.07, 6.45) is 3.04. The third kappa shape index (κ3) is 4.87. The zero-order chi connectivity index (χ0) is 21.5. The Balaban J connectivity index is 1.76. The number of nitrogens with zero attached hydrogens (tertiary/aromatic N) is 2. The molecule has 2 aromatic carbocycles. The van der Waals surface area contributed by atoms with Gasteiger partial charge >= 0.3 is 0 Å². The van der Waals surface area contributed by atoms with E-state index >= 15 is 0 Å². The van der Waals surface area contributed by atoms with Crippen molar-refractivity contribution in [3.8, 4) is 11.5 Å². The SMILES string of the molecule is COc1ccc(/C=N\NC(=O)c2cccn(Cc3ccccc3Cl)c2=O)c(OC)c1. The van der Waals surface area contributed by atoms with E-state index in [1.165, 1.54) is 24.0 Å². The zero-order valence-corrected chi connectivity index (χ0v) is 17.2. The molecule has 0 aliphatic rings. The third-order valence-electron chi connectivity index (χ3n) is 4.37. The first-order valence-corrected chi connectivity index (χ1v) is 9.39. The van der Waals surface area contributed by atoms with Crippen LogP contribution in [0, 0.1) is 0 Å². The summed E-state index contributed by atoms with van der Waals surface area (Å²) in [5.41, 5.74) is 3.33. The first-order chi connectivity index (χ1) is 14.5. The maximum absolute atomic E-state index is 12.7. The lowest BCUT2D eigenvalue weighted by atomic mass is 10.2. The van der Waals surface area contributed by atoms with Crippen LogP contribution in [0.15, 0.2) is 70.7 Å². The van der Waals surface area contributed by atoms with Gasteiger partial charge in [0.1, 0.15) is 17.1 Å². The van der Waals surface area contributed by atoms with Crippen LogP contribution < -0.4 is 20.5 Å². The molecule has 0 saturated carbocycles. The fraction of sp³-hybridized carbons (Fsp3) is 0.136. The van der Waals surface area contributed by atoms with E-state index in [0.717, 1.165) is 5.56 Å². The Hall–Kier alpha value is -3.58. The van der Waals surface area contributed by atoms with E-state index in [1.807, 2.05) is 18.2 Å². The molecule has 3 aromatic rings. The summed E-state index contributed by atoms with van der Waals surface area (Å²) in [7, 11) is 3.08. The van der Waals surface area contributed by atoms with Crippen LogP contribution >= 0.6 is 11.6 Å². The number of pyridine rings is 1. The molecule has 7 nitrogen and oxygen atoms in total. The Bertz CT molecular complexity index is 1140. The molecular weight excluding hydrogens is 406 g/mol. The molecular formula is C22H20ClN3O4. The second kappa shape index (κ2) is 9.76. The van der Waals surface area contributed by atoms with Crippen molar-refractivity contribution in [2.24, 2.45) is 5.10 Å². The van der Waals surface area contributed by atoms with Gasteiger partial charge in [0, 0.05) is 22.8 Å². The first kappa shape index (κ1) is 21.1. The Morgan fingerprint density at radius 1 is 1.13 bits per heavy atom. The zero-order valence-electron chi connectivity index (χ0n) is 16.5. The predicted molar refractivity (Wildman–Crippen MR) is 116 cm³/mol. The number of hydrazone groups is 1. The second-order valence-corrected chi connectivity index (χ2v) is 6.66. The molecule has 154 valence electrons. The van der Waals surface area contributed by atoms with Gasteiger partial charge in [-0.25, -0.2) is 5.43 Å². The van der Waals surface area contributed by atoms with Crippen LogP contribution in [0.2, 0.25) is 5.02 Å². The second-order valence-electron chi connectivity index (χ2n) is 6.25. The summed E-state index contributed by atoms with van der Waals surface area (Å²) >= 11 is 6.17. The molecule has 1 amide bonds. The van der Waals surface area contributed by atoms with E-state index in [-0.39, 0.29) is 12.1 Å². The number of carbonyl (C=O) groups is 1. The van der Waals surface area contributed by atoms with Gasteiger partial charge in [0.2, 0.25) is 0 Å². The molecule has 1 heterocycles. The lowest BCUT2D eigenvalue weighted by Crippen LogP contribution is -2.31. The van der Waals surface area contributed by atoms with Crippen LogP contribution in [0.4, 0.5) is 0 Å². The number of aromatic nitrogens is 1. The number of ether oxygens (including phenoxy) is 2. The van der Waals surface area contributed by atoms with Crippen molar-refractivity contribution < 1.29 is 14.3 Å². The van der Waals surface area contributed by atoms with E-state index in [4.69, 9.17) is 21.1 Å². The number of nitrogens with one attached hydrogen (secondary N) is 1. The van der Waals surface area contributed by atoms with Crippen LogP contribution in [0.3, 0.4) is 0 Å². The maximum atomic E-state index is 12.7. The lowest BCUT2D eigenvalue weighted by molar-refractivity contribution is 0.0953. The minimum Gasteiger partial charge on any atom is -0.497 e. The molecule has 1 N–H and O–H groups in total. The van der Waals surface area contributed by atoms with Crippen molar-refractivity contribution >= 4 is 23.7 Å². The topological polar surface area (TPSA) is 81.9 Å². The molecule has 1 aromatic heterocycles. The van der Waals surface area contributed by atoms with Crippen molar-refractivity contribution in [3.05, 3.63) is 92.9 Å². The summed E-state index contributed by atoms with van der Waals surface area (Å²) < 4.78 is 11.9. The molecule has 0 atom stereocenters. The van der Waals surface area contributed by atoms with Gasteiger partial charge in [0.05, 0.1) is 27.0 Å². The Morgan fingerprint density at radius 2 is 1.93 bits per heavy atom. The van der Waals surface area contributed by atoms with Gasteiger partial charge in [-0.2, -0.15) is 5.10 Å². The summed E-state index contributed by atoms with van der Waals surface area (Å²) in [6, 6.07) is 15.5. The number of carbonyl (C=O) groups excluding carboxylic acids is 1. The van der Waals surface area contributed by atoms with Gasteiger partial charge in [-0.05, 0) is 35.9 Å². The fourth-order valence-corrected chi connectivity index (χ4v) is 2.99. The first-order valence-electron chi connectivity index (χ1n) is 9.01. The van der Waals surface area contributed by atoms with Gasteiger partial charge in [0.25, 0.3) is 11.5 Å². The summed E-state index contributed by atoms with van der Waals surface area (Å²) in [5, 5.41) is 4.49. The molecule has 0 aliphatic heterocycles. The van der Waals surface area contributed by atoms with Crippen LogP contribution in [0.1, 0.15) is 21.5 Å². The summed E-state index contributed by atoms with van der Waals surface area (Å²) in [6.45, 7) is 0.256. The van der Waals surface area contributed by atoms with Crippen molar-refractivity contribution in [2.45, 2.75) is 6.54 Å². The number of rotatable bonds is 7. The van der Waals surface area contributed by atoms with Crippen LogP contribution in [-0.2, 0) is 6.54 Å². The number of methoxy groups -OCH3 is 2. The lowest BCUT2D eigenvalue weighted by Gasteiger charge is -2.09. The largest absolute Gasteiger partial charge is 0.497 e. The summed E-state index contributed by atoms with van der Waals surface area (Å²) in [4.78, 5) is 25.2. The molecule has 3 rings (SSSR count). The van der Waals surface area contributed by atoms with Crippen LogP contribution in [-0.4, -0.2) is 30.9 Å². The van der Waals surface area contributed by atoms with Crippen LogP contribution in [0.25, 0.3) is 0 Å². The Morgan fingerprint density at radius 3 is 2.67 bits per heavy atom. The van der Waals surface area contributed by atoms with Crippen molar-refractivity contribution in [1.29, 1.82) is 0 Å². The quantitative estimate of drug-likeness (QED) is 0.465. The highest BCUT2D eigenvalue weighted by atomic mass is 35.5. The molecule has 30 heavy (non-hydrogen) atoms. The minimum atomic E-state index is -0.614. The monoisotopic (exact) mass is 425 g/mol. The predicted octanol–water partition coefficient (Wildman–Crippen LogP) is 3.33. The smallest absolute Gasteiger partial charge is 0.276 e. The number of hydrogen-bond acceptors (Lipinski definition) is 5. The van der Waals surface area contributed by atoms with Gasteiger partial charge in [0.15, 0.2) is 0 Å². The fourth-order valence-electron chi connectivity index (χ4n) is 2.79. The standard InChI is InChI=1S/C22H20ClN3O4/c1-29-17-10-9-15(20(12-17)30-2)13-24-25-21(27)18-7-5-11-26(22(18)28)14-16-6-3-4-8-19(16)23/h3-13H,14H2,1-2H3,(H,25,27)/b24-13-. The van der Waals surface area contributed by atoms with Crippen LogP contribution in [0.5, 0.6) is 11.5 Å². The van der Waals surface area contributed by atoms with E-state index in [0.29, 0.717) is 22.1 Å². The van der Waals surface area contributed by atoms with E-state index < -0.39 is 11.5 Å². The maximum Gasteiger partial charge on any atom is 0.276 e. The Labute approximate surface area is 178 Å². The normalized spacial score (nSPS) is 10.8. The van der Waals surface area contributed by atoms with Crippen molar-refractivity contribution in [2.75, 3.05) is 14.2 Å². The molecule has 0 saturated heterocycles.